The fourth-order valence-electron chi connectivity index (χ4n) is 2.32. The second-order valence-electron chi connectivity index (χ2n) is 5.84. The van der Waals surface area contributed by atoms with Crippen LogP contribution in [0.4, 0.5) is 0 Å². The van der Waals surface area contributed by atoms with Gasteiger partial charge in [0, 0.05) is 17.3 Å². The second kappa shape index (κ2) is 8.20. The summed E-state index contributed by atoms with van der Waals surface area (Å²) in [6.45, 7) is 5.60. The molecule has 0 saturated carbocycles. The van der Waals surface area contributed by atoms with Gasteiger partial charge in [0.15, 0.2) is 11.5 Å². The van der Waals surface area contributed by atoms with Crippen LogP contribution in [0.15, 0.2) is 35.7 Å². The van der Waals surface area contributed by atoms with Gasteiger partial charge in [0.25, 0.3) is 0 Å². The van der Waals surface area contributed by atoms with Crippen molar-refractivity contribution in [2.24, 2.45) is 11.7 Å². The van der Waals surface area contributed by atoms with E-state index < -0.39 is 0 Å². The average molecular weight is 319 g/mol. The molecule has 4 heteroatoms. The first-order valence-corrected chi connectivity index (χ1v) is 8.55. The molecule has 0 aliphatic carbocycles. The molecule has 1 unspecified atom stereocenters. The van der Waals surface area contributed by atoms with Crippen molar-refractivity contribution in [3.8, 4) is 11.5 Å². The Hall–Kier alpha value is -1.52. The quantitative estimate of drug-likeness (QED) is 0.797. The molecule has 2 rings (SSSR count). The lowest BCUT2D eigenvalue weighted by atomic mass is 9.97. The lowest BCUT2D eigenvalue weighted by Gasteiger charge is -2.16. The molecule has 2 N–H and O–H groups in total. The van der Waals surface area contributed by atoms with E-state index in [0.29, 0.717) is 25.0 Å². The van der Waals surface area contributed by atoms with Gasteiger partial charge in [-0.05, 0) is 41.5 Å². The molecule has 1 heterocycles. The van der Waals surface area contributed by atoms with Crippen LogP contribution in [0.1, 0.15) is 30.2 Å². The van der Waals surface area contributed by atoms with Crippen LogP contribution >= 0.6 is 11.3 Å². The summed E-state index contributed by atoms with van der Waals surface area (Å²) in [5, 5.41) is 2.10. The van der Waals surface area contributed by atoms with E-state index in [1.807, 2.05) is 6.07 Å². The minimum atomic E-state index is 0.354. The number of rotatable bonds is 8. The van der Waals surface area contributed by atoms with Crippen LogP contribution in [0.25, 0.3) is 0 Å². The van der Waals surface area contributed by atoms with Gasteiger partial charge >= 0.3 is 0 Å². The zero-order chi connectivity index (χ0) is 15.9. The maximum atomic E-state index is 5.94. The Bertz CT molecular complexity index is 566. The van der Waals surface area contributed by atoms with E-state index in [1.54, 1.807) is 18.4 Å². The molecule has 22 heavy (non-hydrogen) atoms. The van der Waals surface area contributed by atoms with Gasteiger partial charge in [0.05, 0.1) is 13.7 Å². The van der Waals surface area contributed by atoms with Crippen molar-refractivity contribution >= 4 is 11.3 Å². The normalized spacial score (nSPS) is 12.4. The highest BCUT2D eigenvalue weighted by Crippen LogP contribution is 2.31. The Balaban J connectivity index is 2.11. The van der Waals surface area contributed by atoms with Crippen molar-refractivity contribution in [2.75, 3.05) is 20.3 Å². The molecular weight excluding hydrogens is 294 g/mol. The number of nitrogens with two attached hydrogens (primary N) is 1. The van der Waals surface area contributed by atoms with E-state index in [4.69, 9.17) is 15.2 Å². The van der Waals surface area contributed by atoms with Crippen LogP contribution in [0.5, 0.6) is 11.5 Å². The topological polar surface area (TPSA) is 44.5 Å². The van der Waals surface area contributed by atoms with Crippen LogP contribution in [-0.4, -0.2) is 20.3 Å². The molecule has 0 amide bonds. The molecule has 120 valence electrons. The molecule has 1 atom stereocenters. The van der Waals surface area contributed by atoms with Crippen molar-refractivity contribution in [3.63, 3.8) is 0 Å². The summed E-state index contributed by atoms with van der Waals surface area (Å²) in [7, 11) is 1.68. The van der Waals surface area contributed by atoms with Crippen molar-refractivity contribution in [2.45, 2.75) is 26.2 Å². The average Bonchev–Trinajstić information content (AvgIpc) is 3.05. The predicted molar refractivity (Wildman–Crippen MR) is 93.1 cm³/mol. The summed E-state index contributed by atoms with van der Waals surface area (Å²) < 4.78 is 11.3. The van der Waals surface area contributed by atoms with Gasteiger partial charge < -0.3 is 15.2 Å². The standard InChI is InChI=1S/C18H25NO2S/c1-13(2)12-21-16-7-6-14(10-17(16)20-3)9-15(11-19)18-5-4-8-22-18/h4-8,10,13,15H,9,11-12,19H2,1-3H3. The zero-order valence-corrected chi connectivity index (χ0v) is 14.4. The highest BCUT2D eigenvalue weighted by atomic mass is 32.1. The molecule has 3 nitrogen and oxygen atoms in total. The number of ether oxygens (including phenoxy) is 2. The summed E-state index contributed by atoms with van der Waals surface area (Å²) in [6.07, 6.45) is 0.915. The lowest BCUT2D eigenvalue weighted by molar-refractivity contribution is 0.256. The molecule has 0 saturated heterocycles. The van der Waals surface area contributed by atoms with Crippen molar-refractivity contribution < 1.29 is 9.47 Å². The molecule has 1 aromatic carbocycles. The molecule has 0 fully saturated rings. The van der Waals surface area contributed by atoms with Crippen molar-refractivity contribution in [3.05, 3.63) is 46.2 Å². The summed E-state index contributed by atoms with van der Waals surface area (Å²) in [6, 6.07) is 10.4. The lowest BCUT2D eigenvalue weighted by Crippen LogP contribution is -2.14. The highest BCUT2D eigenvalue weighted by molar-refractivity contribution is 7.10. The number of benzene rings is 1. The Morgan fingerprint density at radius 2 is 2.00 bits per heavy atom. The van der Waals surface area contributed by atoms with E-state index in [1.165, 1.54) is 10.4 Å². The van der Waals surface area contributed by atoms with Gasteiger partial charge in [-0.1, -0.05) is 26.0 Å². The molecule has 0 aliphatic heterocycles. The SMILES string of the molecule is COc1cc(CC(CN)c2cccs2)ccc1OCC(C)C. The summed E-state index contributed by atoms with van der Waals surface area (Å²) in [5.74, 6) is 2.44. The van der Waals surface area contributed by atoms with E-state index in [-0.39, 0.29) is 0 Å². The molecule has 0 bridgehead atoms. The fourth-order valence-corrected chi connectivity index (χ4v) is 3.17. The van der Waals surface area contributed by atoms with E-state index in [2.05, 4.69) is 43.5 Å². The molecule has 0 radical (unpaired) electrons. The number of thiophene rings is 1. The second-order valence-corrected chi connectivity index (χ2v) is 6.82. The monoisotopic (exact) mass is 319 g/mol. The number of hydrogen-bond acceptors (Lipinski definition) is 4. The number of hydrogen-bond donors (Lipinski definition) is 1. The van der Waals surface area contributed by atoms with Crippen LogP contribution in [0, 0.1) is 5.92 Å². The van der Waals surface area contributed by atoms with Gasteiger partial charge in [-0.2, -0.15) is 0 Å². The van der Waals surface area contributed by atoms with Crippen molar-refractivity contribution in [1.82, 2.24) is 0 Å². The van der Waals surface area contributed by atoms with Gasteiger partial charge in [0.2, 0.25) is 0 Å². The van der Waals surface area contributed by atoms with E-state index in [0.717, 1.165) is 17.9 Å². The third-order valence-corrected chi connectivity index (χ3v) is 4.55. The summed E-state index contributed by atoms with van der Waals surface area (Å²) >= 11 is 1.76. The minimum absolute atomic E-state index is 0.354. The Kier molecular flexibility index (Phi) is 6.28. The van der Waals surface area contributed by atoms with Crippen molar-refractivity contribution in [1.29, 1.82) is 0 Å². The predicted octanol–water partition coefficient (Wildman–Crippen LogP) is 4.08. The Morgan fingerprint density at radius 3 is 2.59 bits per heavy atom. The van der Waals surface area contributed by atoms with Gasteiger partial charge in [-0.3, -0.25) is 0 Å². The van der Waals surface area contributed by atoms with Gasteiger partial charge in [0.1, 0.15) is 0 Å². The summed E-state index contributed by atoms with van der Waals surface area (Å²) in [4.78, 5) is 1.33. The molecule has 0 aliphatic rings. The zero-order valence-electron chi connectivity index (χ0n) is 13.5. The molecule has 0 spiro atoms. The smallest absolute Gasteiger partial charge is 0.161 e. The Morgan fingerprint density at radius 1 is 1.18 bits per heavy atom. The maximum absolute atomic E-state index is 5.94. The number of methoxy groups -OCH3 is 1. The summed E-state index contributed by atoms with van der Waals surface area (Å²) in [5.41, 5.74) is 7.16. The van der Waals surface area contributed by atoms with Crippen LogP contribution < -0.4 is 15.2 Å². The first-order valence-electron chi connectivity index (χ1n) is 7.67. The molecule has 2 aromatic rings. The highest BCUT2D eigenvalue weighted by Gasteiger charge is 2.14. The van der Waals surface area contributed by atoms with Crippen LogP contribution in [0.3, 0.4) is 0 Å². The minimum Gasteiger partial charge on any atom is -0.493 e. The van der Waals surface area contributed by atoms with Crippen LogP contribution in [0.2, 0.25) is 0 Å². The largest absolute Gasteiger partial charge is 0.493 e. The van der Waals surface area contributed by atoms with E-state index >= 15 is 0 Å². The molecular formula is C18H25NO2S. The third kappa shape index (κ3) is 4.49. The third-order valence-electron chi connectivity index (χ3n) is 3.51. The van der Waals surface area contributed by atoms with Gasteiger partial charge in [-0.25, -0.2) is 0 Å². The maximum Gasteiger partial charge on any atom is 0.161 e. The Labute approximate surface area is 137 Å². The first kappa shape index (κ1) is 16.8. The fraction of sp³-hybridized carbons (Fsp3) is 0.444. The van der Waals surface area contributed by atoms with Gasteiger partial charge in [-0.15, -0.1) is 11.3 Å². The first-order chi connectivity index (χ1) is 10.6. The molecule has 1 aromatic heterocycles. The van der Waals surface area contributed by atoms with Crippen LogP contribution in [-0.2, 0) is 6.42 Å². The van der Waals surface area contributed by atoms with E-state index in [9.17, 15) is 0 Å².